The first-order valence-electron chi connectivity index (χ1n) is 15.1. The van der Waals surface area contributed by atoms with Crippen LogP contribution in [0.3, 0.4) is 0 Å². The van der Waals surface area contributed by atoms with Gasteiger partial charge in [-0.3, -0.25) is 9.59 Å². The number of ether oxygens (including phenoxy) is 2. The molecule has 0 aliphatic carbocycles. The molecule has 1 saturated heterocycles. The molecule has 232 valence electrons. The summed E-state index contributed by atoms with van der Waals surface area (Å²) in [5.74, 6) is -0.399. The van der Waals surface area contributed by atoms with E-state index in [0.29, 0.717) is 36.5 Å². The maximum atomic E-state index is 16.3. The van der Waals surface area contributed by atoms with Crippen LogP contribution in [0.5, 0.6) is 5.75 Å². The van der Waals surface area contributed by atoms with Crippen molar-refractivity contribution in [3.05, 3.63) is 92.6 Å². The van der Waals surface area contributed by atoms with Crippen LogP contribution in [0, 0.1) is 9.49 Å². The lowest BCUT2D eigenvalue weighted by Gasteiger charge is -2.37. The van der Waals surface area contributed by atoms with Gasteiger partial charge in [-0.15, -0.1) is 0 Å². The van der Waals surface area contributed by atoms with Gasteiger partial charge in [-0.25, -0.2) is 0 Å². The zero-order valence-electron chi connectivity index (χ0n) is 25.4. The third-order valence-corrected chi connectivity index (χ3v) is 12.8. The van der Waals surface area contributed by atoms with E-state index in [9.17, 15) is 14.7 Å². The molecule has 0 radical (unpaired) electrons. The number of hydrogen-bond donors (Lipinski definition) is 1. The SMILES string of the molecule is COc1ccc2c(c1)[C@@]1(O[C@H](CC(=O)N3Cc4ccccc4C[C@H]3CO)[C@@H]([Si](C)(C)F)[C@@H]1C)C(=O)N2Cc1cccc(I)c1. The number of carbonyl (C=O) groups is 2. The number of benzene rings is 3. The second-order valence-corrected chi connectivity index (χ2v) is 17.8. The number of fused-ring (bicyclic) bond motifs is 3. The van der Waals surface area contributed by atoms with Crippen molar-refractivity contribution >= 4 is 48.5 Å². The second-order valence-electron chi connectivity index (χ2n) is 12.7. The van der Waals surface area contributed by atoms with Crippen LogP contribution in [0.4, 0.5) is 9.80 Å². The molecule has 7 nitrogen and oxygen atoms in total. The zero-order chi connectivity index (χ0) is 31.4. The smallest absolute Gasteiger partial charge is 0.264 e. The molecule has 3 aromatic rings. The van der Waals surface area contributed by atoms with Crippen molar-refractivity contribution in [3.63, 3.8) is 0 Å². The highest BCUT2D eigenvalue weighted by atomic mass is 127. The highest BCUT2D eigenvalue weighted by Gasteiger charge is 2.67. The Balaban J connectivity index is 1.37. The van der Waals surface area contributed by atoms with E-state index in [2.05, 4.69) is 22.6 Å². The molecule has 1 spiro atoms. The quantitative estimate of drug-likeness (QED) is 0.185. The third-order valence-electron chi connectivity index (χ3n) is 9.66. The first-order valence-corrected chi connectivity index (χ1v) is 19.1. The van der Waals surface area contributed by atoms with Crippen molar-refractivity contribution in [1.82, 2.24) is 4.90 Å². The lowest BCUT2D eigenvalue weighted by atomic mass is 9.82. The van der Waals surface area contributed by atoms with Crippen molar-refractivity contribution in [3.8, 4) is 5.75 Å². The van der Waals surface area contributed by atoms with Crippen molar-refractivity contribution in [2.45, 2.75) is 69.2 Å². The van der Waals surface area contributed by atoms with E-state index in [1.165, 1.54) is 0 Å². The van der Waals surface area contributed by atoms with E-state index in [1.54, 1.807) is 30.0 Å². The Morgan fingerprint density at radius 1 is 1.14 bits per heavy atom. The fourth-order valence-electron chi connectivity index (χ4n) is 7.66. The molecular weight excluding hydrogens is 690 g/mol. The van der Waals surface area contributed by atoms with Crippen LogP contribution in [0.25, 0.3) is 0 Å². The van der Waals surface area contributed by atoms with Gasteiger partial charge in [0.2, 0.25) is 14.3 Å². The number of aliphatic hydroxyl groups is 1. The number of rotatable bonds is 7. The summed E-state index contributed by atoms with van der Waals surface area (Å²) in [6, 6.07) is 21.1. The maximum absolute atomic E-state index is 16.3. The fourth-order valence-corrected chi connectivity index (χ4v) is 10.8. The average Bonchev–Trinajstić information content (AvgIpc) is 3.42. The molecule has 3 aliphatic heterocycles. The predicted octanol–water partition coefficient (Wildman–Crippen LogP) is 5.96. The lowest BCUT2D eigenvalue weighted by molar-refractivity contribution is -0.151. The molecule has 44 heavy (non-hydrogen) atoms. The van der Waals surface area contributed by atoms with E-state index in [1.807, 2.05) is 73.7 Å². The summed E-state index contributed by atoms with van der Waals surface area (Å²) in [6.45, 7) is 5.71. The summed E-state index contributed by atoms with van der Waals surface area (Å²) in [6.07, 6.45) is -0.323. The van der Waals surface area contributed by atoms with Gasteiger partial charge in [0.25, 0.3) is 5.91 Å². The van der Waals surface area contributed by atoms with E-state index in [-0.39, 0.29) is 30.9 Å². The Morgan fingerprint density at radius 2 is 1.89 bits per heavy atom. The number of aliphatic hydroxyl groups excluding tert-OH is 1. The number of carbonyl (C=O) groups excluding carboxylic acids is 2. The second kappa shape index (κ2) is 11.8. The number of amides is 2. The molecule has 5 atom stereocenters. The van der Waals surface area contributed by atoms with Crippen LogP contribution in [0.1, 0.15) is 35.6 Å². The Morgan fingerprint density at radius 3 is 2.57 bits per heavy atom. The van der Waals surface area contributed by atoms with Crippen molar-refractivity contribution in [2.24, 2.45) is 5.92 Å². The Labute approximate surface area is 272 Å². The highest BCUT2D eigenvalue weighted by molar-refractivity contribution is 14.1. The Hall–Kier alpha value is -2.80. The van der Waals surface area contributed by atoms with E-state index in [4.69, 9.17) is 9.47 Å². The first kappa shape index (κ1) is 31.2. The van der Waals surface area contributed by atoms with Crippen LogP contribution >= 0.6 is 22.6 Å². The largest absolute Gasteiger partial charge is 0.497 e. The minimum atomic E-state index is -3.47. The van der Waals surface area contributed by atoms with Gasteiger partial charge in [0, 0.05) is 27.1 Å². The number of halogens is 2. The summed E-state index contributed by atoms with van der Waals surface area (Å²) in [5, 5.41) is 10.2. The maximum Gasteiger partial charge on any atom is 0.264 e. The van der Waals surface area contributed by atoms with E-state index >= 15 is 4.11 Å². The lowest BCUT2D eigenvalue weighted by Crippen LogP contribution is -2.48. The minimum Gasteiger partial charge on any atom is -0.497 e. The van der Waals surface area contributed by atoms with Crippen molar-refractivity contribution < 1.29 is 28.3 Å². The summed E-state index contributed by atoms with van der Waals surface area (Å²) in [7, 11) is -1.89. The first-order chi connectivity index (χ1) is 21.0. The molecule has 2 amide bonds. The number of hydrogen-bond acceptors (Lipinski definition) is 5. The van der Waals surface area contributed by atoms with Gasteiger partial charge in [0.1, 0.15) is 5.75 Å². The molecule has 6 rings (SSSR count). The molecule has 3 aromatic carbocycles. The van der Waals surface area contributed by atoms with E-state index in [0.717, 1.165) is 20.3 Å². The topological polar surface area (TPSA) is 79.3 Å². The number of anilines is 1. The molecule has 10 heteroatoms. The van der Waals surface area contributed by atoms with Crippen molar-refractivity contribution in [2.75, 3.05) is 18.6 Å². The molecule has 3 aliphatic rings. The van der Waals surface area contributed by atoms with Crippen LogP contribution in [-0.2, 0) is 39.4 Å². The Kier molecular flexibility index (Phi) is 8.40. The molecule has 0 aromatic heterocycles. The van der Waals surface area contributed by atoms with Crippen molar-refractivity contribution in [1.29, 1.82) is 0 Å². The van der Waals surface area contributed by atoms with Gasteiger partial charge in [-0.05, 0) is 89.1 Å². The standard InChI is InChI=1S/C34H38FIN2O5Si/c1-21-32(44(3,4)35)30(17-31(40)37-19-24-10-6-5-9-23(24)15-26(37)20-39)43-34(21)28-16-27(42-2)12-13-29(28)38(33(34)41)18-22-8-7-11-25(36)14-22/h5-14,16,21,26,30,32,39H,15,17-20H2,1-4H3/t21-,26-,30+,32-,34+/m0/s1. The third kappa shape index (κ3) is 5.27. The molecule has 0 unspecified atom stereocenters. The van der Waals surface area contributed by atoms with Gasteiger partial charge in [0.05, 0.1) is 44.5 Å². The summed E-state index contributed by atoms with van der Waals surface area (Å²) in [5.41, 5.74) is 2.42. The normalized spacial score (nSPS) is 26.2. The molecule has 0 bridgehead atoms. The van der Waals surface area contributed by atoms with Gasteiger partial charge < -0.3 is 28.5 Å². The minimum absolute atomic E-state index is 0.0702. The van der Waals surface area contributed by atoms with Gasteiger partial charge >= 0.3 is 0 Å². The Bertz CT molecular complexity index is 1600. The van der Waals surface area contributed by atoms with Gasteiger partial charge in [-0.2, -0.15) is 0 Å². The molecule has 3 heterocycles. The summed E-state index contributed by atoms with van der Waals surface area (Å²) in [4.78, 5) is 32.1. The number of methoxy groups -OCH3 is 1. The molecule has 0 saturated carbocycles. The van der Waals surface area contributed by atoms with Crippen LogP contribution in [0.15, 0.2) is 66.7 Å². The molecular formula is C34H38FIN2O5Si. The number of nitrogens with zero attached hydrogens (tertiary/aromatic N) is 2. The highest BCUT2D eigenvalue weighted by Crippen LogP contribution is 2.60. The predicted molar refractivity (Wildman–Crippen MR) is 178 cm³/mol. The van der Waals surface area contributed by atoms with Crippen LogP contribution < -0.4 is 9.64 Å². The van der Waals surface area contributed by atoms with Gasteiger partial charge in [0.15, 0.2) is 5.60 Å². The van der Waals surface area contributed by atoms with Crippen LogP contribution in [0.2, 0.25) is 18.6 Å². The zero-order valence-corrected chi connectivity index (χ0v) is 28.6. The molecule has 1 fully saturated rings. The van der Waals surface area contributed by atoms with Gasteiger partial charge in [-0.1, -0.05) is 43.3 Å². The average molecular weight is 729 g/mol. The van der Waals surface area contributed by atoms with E-state index < -0.39 is 31.6 Å². The monoisotopic (exact) mass is 728 g/mol. The molecule has 1 N–H and O–H groups in total. The fraction of sp³-hybridized carbons (Fsp3) is 0.412. The van der Waals surface area contributed by atoms with Crippen LogP contribution in [-0.4, -0.2) is 56.1 Å². The summed E-state index contributed by atoms with van der Waals surface area (Å²) >= 11 is 2.26. The summed E-state index contributed by atoms with van der Waals surface area (Å²) < 4.78 is 29.8.